The van der Waals surface area contributed by atoms with Gasteiger partial charge in [-0.2, -0.15) is 0 Å². The fraction of sp³-hybridized carbons (Fsp3) is 0.364. The van der Waals surface area contributed by atoms with Gasteiger partial charge in [0.15, 0.2) is 0 Å². The number of nitrogens with one attached hydrogen (secondary N) is 2. The third-order valence-electron chi connectivity index (χ3n) is 5.73. The highest BCUT2D eigenvalue weighted by Gasteiger charge is 2.36. The molecule has 2 amide bonds. The summed E-state index contributed by atoms with van der Waals surface area (Å²) in [5.41, 5.74) is 0.902. The number of anilines is 2. The van der Waals surface area contributed by atoms with Crippen molar-refractivity contribution in [2.45, 2.75) is 24.9 Å². The number of carbonyl (C=O) groups excluding carboxylic acids is 2. The molecule has 2 heterocycles. The van der Waals surface area contributed by atoms with Crippen molar-refractivity contribution in [3.63, 3.8) is 0 Å². The molecule has 2 aliphatic heterocycles. The fourth-order valence-corrected chi connectivity index (χ4v) is 5.07. The quantitative estimate of drug-likeness (QED) is 0.589. The van der Waals surface area contributed by atoms with Crippen LogP contribution < -0.4 is 19.7 Å². The Kier molecular flexibility index (Phi) is 5.83. The van der Waals surface area contributed by atoms with E-state index in [-0.39, 0.29) is 13.0 Å². The van der Waals surface area contributed by atoms with Crippen molar-refractivity contribution in [1.82, 2.24) is 5.32 Å². The van der Waals surface area contributed by atoms with Gasteiger partial charge in [-0.25, -0.2) is 8.42 Å². The molecule has 2 aromatic carbocycles. The number of benzene rings is 2. The summed E-state index contributed by atoms with van der Waals surface area (Å²) < 4.78 is 31.0. The van der Waals surface area contributed by atoms with E-state index in [9.17, 15) is 23.1 Å². The lowest BCUT2D eigenvalue weighted by atomic mass is 9.88. The molecule has 1 unspecified atom stereocenters. The zero-order valence-corrected chi connectivity index (χ0v) is 18.4. The van der Waals surface area contributed by atoms with Crippen LogP contribution in [0.5, 0.6) is 5.75 Å². The number of sulfonamides is 1. The zero-order valence-electron chi connectivity index (χ0n) is 17.6. The summed E-state index contributed by atoms with van der Waals surface area (Å²) in [6.45, 7) is 0.515. The summed E-state index contributed by atoms with van der Waals surface area (Å²) in [5.74, 6) is -1.26. The first kappa shape index (κ1) is 22.1. The van der Waals surface area contributed by atoms with Gasteiger partial charge in [0.25, 0.3) is 0 Å². The second kappa shape index (κ2) is 8.44. The Bertz CT molecular complexity index is 1170. The molecule has 2 aliphatic rings. The molecule has 170 valence electrons. The van der Waals surface area contributed by atoms with E-state index in [0.29, 0.717) is 42.3 Å². The molecule has 9 nitrogen and oxygen atoms in total. The predicted molar refractivity (Wildman–Crippen MR) is 119 cm³/mol. The summed E-state index contributed by atoms with van der Waals surface area (Å²) in [6, 6.07) is 12.0. The molecular formula is C22H25N3O6S. The van der Waals surface area contributed by atoms with Gasteiger partial charge in [-0.1, -0.05) is 24.3 Å². The van der Waals surface area contributed by atoms with Crippen LogP contribution in [-0.4, -0.2) is 51.3 Å². The predicted octanol–water partition coefficient (Wildman–Crippen LogP) is 1.12. The highest BCUT2D eigenvalue weighted by molar-refractivity contribution is 7.92. The van der Waals surface area contributed by atoms with E-state index < -0.39 is 27.4 Å². The van der Waals surface area contributed by atoms with Gasteiger partial charge in [0, 0.05) is 24.2 Å². The number of ether oxygens (including phenoxy) is 1. The first-order valence-electron chi connectivity index (χ1n) is 10.3. The molecule has 1 atom stereocenters. The smallest absolute Gasteiger partial charge is 0.313 e. The van der Waals surface area contributed by atoms with Crippen LogP contribution in [0.2, 0.25) is 0 Å². The lowest BCUT2D eigenvalue weighted by molar-refractivity contribution is -0.137. The topological polar surface area (TPSA) is 125 Å². The highest BCUT2D eigenvalue weighted by atomic mass is 32.2. The maximum Gasteiger partial charge on any atom is 0.313 e. The highest BCUT2D eigenvalue weighted by Crippen LogP contribution is 2.36. The van der Waals surface area contributed by atoms with E-state index in [2.05, 4.69) is 10.6 Å². The molecule has 0 radical (unpaired) electrons. The van der Waals surface area contributed by atoms with Crippen molar-refractivity contribution < 1.29 is 27.9 Å². The van der Waals surface area contributed by atoms with Gasteiger partial charge in [0.2, 0.25) is 10.0 Å². The number of rotatable bonds is 4. The number of hydrogen-bond donors (Lipinski definition) is 3. The molecular weight excluding hydrogens is 434 g/mol. The van der Waals surface area contributed by atoms with Crippen molar-refractivity contribution in [2.24, 2.45) is 0 Å². The summed E-state index contributed by atoms with van der Waals surface area (Å²) in [5, 5.41) is 16.0. The number of nitrogens with zero attached hydrogens (tertiary/aromatic N) is 1. The van der Waals surface area contributed by atoms with Crippen LogP contribution in [0.25, 0.3) is 0 Å². The van der Waals surface area contributed by atoms with Crippen LogP contribution in [0, 0.1) is 0 Å². The summed E-state index contributed by atoms with van der Waals surface area (Å²) in [7, 11) is -3.45. The van der Waals surface area contributed by atoms with Crippen LogP contribution in [-0.2, 0) is 31.6 Å². The third-order valence-corrected chi connectivity index (χ3v) is 6.91. The van der Waals surface area contributed by atoms with E-state index in [4.69, 9.17) is 4.74 Å². The Balaban J connectivity index is 1.43. The largest absolute Gasteiger partial charge is 0.493 e. The van der Waals surface area contributed by atoms with Crippen LogP contribution in [0.1, 0.15) is 24.0 Å². The van der Waals surface area contributed by atoms with E-state index in [1.165, 1.54) is 4.31 Å². The lowest BCUT2D eigenvalue weighted by Gasteiger charge is -2.34. The zero-order chi connectivity index (χ0) is 22.9. The van der Waals surface area contributed by atoms with E-state index >= 15 is 0 Å². The molecule has 0 saturated heterocycles. The minimum Gasteiger partial charge on any atom is -0.493 e. The van der Waals surface area contributed by atoms with Gasteiger partial charge in [0.1, 0.15) is 11.4 Å². The fourth-order valence-electron chi connectivity index (χ4n) is 4.08. The van der Waals surface area contributed by atoms with E-state index in [1.54, 1.807) is 42.5 Å². The molecule has 10 heteroatoms. The number of amides is 2. The van der Waals surface area contributed by atoms with Crippen molar-refractivity contribution in [1.29, 1.82) is 0 Å². The SMILES string of the molecule is CS(=O)(=O)N1CCCc2ccc(NC(=O)C(=O)NCC3(O)CCOc4ccccc43)cc21. The maximum atomic E-state index is 12.4. The van der Waals surface area contributed by atoms with Crippen LogP contribution in [0.3, 0.4) is 0 Å². The van der Waals surface area contributed by atoms with Crippen molar-refractivity contribution >= 4 is 33.2 Å². The Morgan fingerprint density at radius 1 is 1.19 bits per heavy atom. The first-order chi connectivity index (χ1) is 15.2. The van der Waals surface area contributed by atoms with Crippen molar-refractivity contribution in [2.75, 3.05) is 35.6 Å². The number of para-hydroxylation sites is 1. The molecule has 0 saturated carbocycles. The molecule has 0 bridgehead atoms. The van der Waals surface area contributed by atoms with Crippen LogP contribution >= 0.6 is 0 Å². The molecule has 4 rings (SSSR count). The molecule has 0 spiro atoms. The molecule has 2 aromatic rings. The number of aliphatic hydroxyl groups is 1. The summed E-state index contributed by atoms with van der Waals surface area (Å²) in [4.78, 5) is 24.8. The van der Waals surface area contributed by atoms with Gasteiger partial charge >= 0.3 is 11.8 Å². The second-order valence-electron chi connectivity index (χ2n) is 8.05. The monoisotopic (exact) mass is 459 g/mol. The minimum absolute atomic E-state index is 0.147. The molecule has 3 N–H and O–H groups in total. The number of hydrogen-bond acceptors (Lipinski definition) is 6. The van der Waals surface area contributed by atoms with Crippen LogP contribution in [0.15, 0.2) is 42.5 Å². The van der Waals surface area contributed by atoms with Crippen molar-refractivity contribution in [3.05, 3.63) is 53.6 Å². The first-order valence-corrected chi connectivity index (χ1v) is 12.2. The summed E-state index contributed by atoms with van der Waals surface area (Å²) in [6.07, 6.45) is 2.86. The normalized spacial score (nSPS) is 19.9. The Labute approximate surface area is 186 Å². The van der Waals surface area contributed by atoms with E-state index in [0.717, 1.165) is 18.2 Å². The number of aryl methyl sites for hydroxylation is 1. The molecule has 32 heavy (non-hydrogen) atoms. The molecule has 0 aromatic heterocycles. The Morgan fingerprint density at radius 3 is 2.75 bits per heavy atom. The molecule has 0 fully saturated rings. The van der Waals surface area contributed by atoms with Crippen molar-refractivity contribution in [3.8, 4) is 5.75 Å². The summed E-state index contributed by atoms with van der Waals surface area (Å²) >= 11 is 0. The number of carbonyl (C=O) groups is 2. The lowest BCUT2D eigenvalue weighted by Crippen LogP contribution is -2.46. The van der Waals surface area contributed by atoms with Gasteiger partial charge in [-0.05, 0) is 36.6 Å². The average Bonchev–Trinajstić information content (AvgIpc) is 2.76. The Morgan fingerprint density at radius 2 is 1.97 bits per heavy atom. The van der Waals surface area contributed by atoms with Gasteiger partial charge in [-0.3, -0.25) is 13.9 Å². The average molecular weight is 460 g/mol. The van der Waals surface area contributed by atoms with Crippen LogP contribution in [0.4, 0.5) is 11.4 Å². The minimum atomic E-state index is -3.45. The second-order valence-corrected chi connectivity index (χ2v) is 9.95. The maximum absolute atomic E-state index is 12.4. The third kappa shape index (κ3) is 4.42. The molecule has 0 aliphatic carbocycles. The van der Waals surface area contributed by atoms with Gasteiger partial charge in [-0.15, -0.1) is 0 Å². The van der Waals surface area contributed by atoms with Gasteiger partial charge in [0.05, 0.1) is 25.1 Å². The standard InChI is InChI=1S/C22H25N3O6S/c1-32(29,30)25-11-4-5-15-8-9-16(13-18(15)25)24-21(27)20(26)23-14-22(28)10-12-31-19-7-3-2-6-17(19)22/h2-3,6-9,13,28H,4-5,10-12,14H2,1H3,(H,23,26)(H,24,27). The van der Waals surface area contributed by atoms with Gasteiger partial charge < -0.3 is 20.5 Å². The van der Waals surface area contributed by atoms with E-state index in [1.807, 2.05) is 0 Å². The Hall–Kier alpha value is -3.11. The number of fused-ring (bicyclic) bond motifs is 2.